The molecule has 2 aliphatic carbocycles. The zero-order valence-corrected chi connectivity index (χ0v) is 18.4. The van der Waals surface area contributed by atoms with Gasteiger partial charge in [-0.2, -0.15) is 0 Å². The third-order valence-electron chi connectivity index (χ3n) is 6.67. The monoisotopic (exact) mass is 427 g/mol. The van der Waals surface area contributed by atoms with Gasteiger partial charge in [0.1, 0.15) is 0 Å². The Labute approximate surface area is 177 Å². The summed E-state index contributed by atoms with van der Waals surface area (Å²) >= 11 is 1.63. The molecular formula is C26H25Zr. The van der Waals surface area contributed by atoms with Crippen LogP contribution in [-0.4, -0.2) is 0 Å². The molecule has 1 unspecified atom stereocenters. The number of benzene rings is 3. The molecule has 2 aliphatic rings. The van der Waals surface area contributed by atoms with Crippen LogP contribution in [0.5, 0.6) is 0 Å². The first-order valence-electron chi connectivity index (χ1n) is 10.2. The van der Waals surface area contributed by atoms with Crippen LogP contribution in [0.1, 0.15) is 53.8 Å². The zero-order chi connectivity index (χ0) is 18.4. The van der Waals surface area contributed by atoms with E-state index in [0.717, 1.165) is 0 Å². The van der Waals surface area contributed by atoms with Gasteiger partial charge >= 0.3 is 178 Å². The van der Waals surface area contributed by atoms with E-state index in [9.17, 15) is 0 Å². The topological polar surface area (TPSA) is 0 Å². The first kappa shape index (κ1) is 17.6. The van der Waals surface area contributed by atoms with Crippen LogP contribution in [0.3, 0.4) is 0 Å². The molecule has 1 atom stereocenters. The van der Waals surface area contributed by atoms with Crippen molar-refractivity contribution < 1.29 is 24.7 Å². The van der Waals surface area contributed by atoms with E-state index in [1.54, 1.807) is 35.9 Å². The van der Waals surface area contributed by atoms with Gasteiger partial charge in [-0.05, 0) is 0 Å². The third-order valence-corrected chi connectivity index (χ3v) is 8.35. The fraction of sp³-hybridized carbons (Fsp3) is 0.308. The second kappa shape index (κ2) is 6.86. The fourth-order valence-electron chi connectivity index (χ4n) is 5.21. The average Bonchev–Trinajstić information content (AvgIpc) is 3.25. The SMILES string of the molecule is CC1(CC2=Cc3c(-c4cccc5ccccc45)cccc3[CH]2[Zr])CCCC1. The molecule has 27 heavy (non-hydrogen) atoms. The van der Waals surface area contributed by atoms with Gasteiger partial charge in [0.05, 0.1) is 0 Å². The van der Waals surface area contributed by atoms with E-state index in [1.165, 1.54) is 59.6 Å². The van der Waals surface area contributed by atoms with Crippen LogP contribution in [0.2, 0.25) is 0 Å². The Bertz CT molecular complexity index is 1030. The van der Waals surface area contributed by atoms with Crippen molar-refractivity contribution in [3.8, 4) is 11.1 Å². The van der Waals surface area contributed by atoms with Crippen LogP contribution in [-0.2, 0) is 24.7 Å². The van der Waals surface area contributed by atoms with Gasteiger partial charge in [-0.15, -0.1) is 0 Å². The van der Waals surface area contributed by atoms with Crippen LogP contribution < -0.4 is 0 Å². The summed E-state index contributed by atoms with van der Waals surface area (Å²) in [5, 5.41) is 2.69. The molecular weight excluding hydrogens is 404 g/mol. The molecule has 0 aliphatic heterocycles. The Morgan fingerprint density at radius 1 is 0.889 bits per heavy atom. The quantitative estimate of drug-likeness (QED) is 0.406. The predicted molar refractivity (Wildman–Crippen MR) is 111 cm³/mol. The van der Waals surface area contributed by atoms with Crippen molar-refractivity contribution in [2.75, 3.05) is 0 Å². The van der Waals surface area contributed by atoms with Crippen molar-refractivity contribution in [2.45, 2.75) is 42.7 Å². The summed E-state index contributed by atoms with van der Waals surface area (Å²) in [6.45, 7) is 2.51. The van der Waals surface area contributed by atoms with Crippen molar-refractivity contribution in [1.29, 1.82) is 0 Å². The van der Waals surface area contributed by atoms with E-state index in [2.05, 4.69) is 73.7 Å². The van der Waals surface area contributed by atoms with E-state index in [4.69, 9.17) is 0 Å². The van der Waals surface area contributed by atoms with Gasteiger partial charge in [0.25, 0.3) is 0 Å². The van der Waals surface area contributed by atoms with Gasteiger partial charge in [-0.3, -0.25) is 0 Å². The molecule has 0 N–H and O–H groups in total. The zero-order valence-electron chi connectivity index (χ0n) is 16.0. The van der Waals surface area contributed by atoms with E-state index in [-0.39, 0.29) is 0 Å². The molecule has 0 bridgehead atoms. The van der Waals surface area contributed by atoms with Crippen molar-refractivity contribution >= 4 is 16.8 Å². The molecule has 0 amide bonds. The van der Waals surface area contributed by atoms with E-state index in [0.29, 0.717) is 9.04 Å². The molecule has 1 heteroatoms. The number of fused-ring (bicyclic) bond motifs is 2. The van der Waals surface area contributed by atoms with Crippen molar-refractivity contribution in [2.24, 2.45) is 5.41 Å². The van der Waals surface area contributed by atoms with Gasteiger partial charge in [-0.1, -0.05) is 0 Å². The summed E-state index contributed by atoms with van der Waals surface area (Å²) in [6.07, 6.45) is 9.47. The Kier molecular flexibility index (Phi) is 4.48. The van der Waals surface area contributed by atoms with E-state index in [1.807, 2.05) is 0 Å². The Balaban J connectivity index is 1.62. The predicted octanol–water partition coefficient (Wildman–Crippen LogP) is 7.46. The molecule has 3 aromatic rings. The normalized spacial score (nSPS) is 20.6. The van der Waals surface area contributed by atoms with Crippen LogP contribution in [0.15, 0.2) is 66.2 Å². The summed E-state index contributed by atoms with van der Waals surface area (Å²) in [5.41, 5.74) is 8.02. The first-order chi connectivity index (χ1) is 13.1. The minimum atomic E-state index is 0.530. The average molecular weight is 429 g/mol. The van der Waals surface area contributed by atoms with Gasteiger partial charge in [0.15, 0.2) is 0 Å². The molecule has 5 rings (SSSR count). The summed E-state index contributed by atoms with van der Waals surface area (Å²) in [5.74, 6) is 0. The maximum atomic E-state index is 2.55. The summed E-state index contributed by atoms with van der Waals surface area (Å²) in [6, 6.07) is 22.4. The van der Waals surface area contributed by atoms with Gasteiger partial charge in [-0.25, -0.2) is 0 Å². The Hall–Kier alpha value is -1.46. The molecule has 3 aromatic carbocycles. The van der Waals surface area contributed by atoms with Gasteiger partial charge in [0.2, 0.25) is 0 Å². The summed E-state index contributed by atoms with van der Waals surface area (Å²) in [4.78, 5) is 0. The molecule has 0 nitrogen and oxygen atoms in total. The van der Waals surface area contributed by atoms with Gasteiger partial charge in [0, 0.05) is 0 Å². The molecule has 133 valence electrons. The molecule has 0 radical (unpaired) electrons. The summed E-state index contributed by atoms with van der Waals surface area (Å²) in [7, 11) is 0. The number of hydrogen-bond donors (Lipinski definition) is 0. The molecule has 1 saturated carbocycles. The van der Waals surface area contributed by atoms with Crippen molar-refractivity contribution in [1.82, 2.24) is 0 Å². The van der Waals surface area contributed by atoms with Crippen LogP contribution in [0.25, 0.3) is 28.0 Å². The van der Waals surface area contributed by atoms with Crippen LogP contribution >= 0.6 is 0 Å². The second-order valence-electron chi connectivity index (χ2n) is 8.68. The number of rotatable bonds is 3. The molecule has 0 heterocycles. The Morgan fingerprint density at radius 2 is 1.59 bits per heavy atom. The molecule has 0 spiro atoms. The summed E-state index contributed by atoms with van der Waals surface area (Å²) < 4.78 is 0.638. The molecule has 1 fully saturated rings. The van der Waals surface area contributed by atoms with Crippen molar-refractivity contribution in [3.05, 3.63) is 77.4 Å². The first-order valence-corrected chi connectivity index (χ1v) is 11.6. The number of allylic oxidation sites excluding steroid dienone is 1. The minimum absolute atomic E-state index is 0.530. The van der Waals surface area contributed by atoms with E-state index < -0.39 is 0 Å². The third kappa shape index (κ3) is 3.09. The van der Waals surface area contributed by atoms with Crippen molar-refractivity contribution in [3.63, 3.8) is 0 Å². The van der Waals surface area contributed by atoms with Crippen LogP contribution in [0.4, 0.5) is 0 Å². The number of hydrogen-bond acceptors (Lipinski definition) is 0. The second-order valence-corrected chi connectivity index (χ2v) is 10.1. The Morgan fingerprint density at radius 3 is 2.44 bits per heavy atom. The maximum absolute atomic E-state index is 2.55. The molecule has 0 aromatic heterocycles. The molecule has 0 saturated heterocycles. The standard InChI is InChI=1S/C26H25.Zr/c1-26(14-4-5-15-26)18-19-16-21-10-7-13-24(25(21)17-19)23-12-6-9-20-8-2-3-11-22(20)23;/h2-3,6-13,16-17H,4-5,14-15,18H2,1H3;. The fourth-order valence-corrected chi connectivity index (χ4v) is 6.29. The van der Waals surface area contributed by atoms with E-state index >= 15 is 0 Å². The van der Waals surface area contributed by atoms with Gasteiger partial charge < -0.3 is 0 Å². The van der Waals surface area contributed by atoms with Crippen LogP contribution in [0, 0.1) is 5.41 Å².